The molecule has 154 valence electrons. The number of hydrogen-bond acceptors (Lipinski definition) is 4. The Labute approximate surface area is 174 Å². The first kappa shape index (κ1) is 19.9. The molecule has 1 atom stereocenters. The summed E-state index contributed by atoms with van der Waals surface area (Å²) in [5.41, 5.74) is 1.00. The molecule has 0 N–H and O–H groups in total. The third-order valence-electron chi connectivity index (χ3n) is 5.50. The predicted molar refractivity (Wildman–Crippen MR) is 111 cm³/mol. The number of likely N-dealkylation sites (tertiary alicyclic amines) is 1. The number of aromatic nitrogens is 3. The molecule has 30 heavy (non-hydrogen) atoms. The fourth-order valence-electron chi connectivity index (χ4n) is 3.98. The molecule has 1 saturated heterocycles. The lowest BCUT2D eigenvalue weighted by Crippen LogP contribution is -2.39. The second-order valence-electron chi connectivity index (χ2n) is 7.51. The van der Waals surface area contributed by atoms with E-state index in [9.17, 15) is 14.0 Å². The van der Waals surface area contributed by atoms with Crippen molar-refractivity contribution in [3.8, 4) is 5.69 Å². The summed E-state index contributed by atoms with van der Waals surface area (Å²) in [5, 5.41) is 4.30. The van der Waals surface area contributed by atoms with Crippen LogP contribution in [0.1, 0.15) is 53.5 Å². The molecule has 3 heterocycles. The van der Waals surface area contributed by atoms with Gasteiger partial charge >= 0.3 is 0 Å². The van der Waals surface area contributed by atoms with Crippen LogP contribution >= 0.6 is 0 Å². The highest BCUT2D eigenvalue weighted by atomic mass is 19.1. The van der Waals surface area contributed by atoms with E-state index in [1.54, 1.807) is 42.4 Å². The molecule has 4 rings (SSSR count). The molecule has 0 aliphatic carbocycles. The van der Waals surface area contributed by atoms with Crippen molar-refractivity contribution in [2.45, 2.75) is 38.6 Å². The largest absolute Gasteiger partial charge is 0.330 e. The molecule has 1 unspecified atom stereocenters. The van der Waals surface area contributed by atoms with Crippen LogP contribution in [-0.2, 0) is 0 Å². The zero-order chi connectivity index (χ0) is 21.1. The molecule has 1 aliphatic heterocycles. The van der Waals surface area contributed by atoms with Crippen LogP contribution in [0.4, 0.5) is 4.39 Å². The van der Waals surface area contributed by atoms with Crippen LogP contribution in [0.5, 0.6) is 0 Å². The van der Waals surface area contributed by atoms with Crippen molar-refractivity contribution in [2.24, 2.45) is 0 Å². The SMILES string of the molecule is Cc1cc(=O)c(C(=O)N2CCCCCC2c2ccncc2)nn1-c1ccccc1F. The normalized spacial score (nSPS) is 16.9. The summed E-state index contributed by atoms with van der Waals surface area (Å²) in [4.78, 5) is 32.0. The molecule has 3 aromatic rings. The van der Waals surface area contributed by atoms with E-state index in [-0.39, 0.29) is 17.4 Å². The van der Waals surface area contributed by atoms with Gasteiger partial charge in [-0.25, -0.2) is 9.07 Å². The van der Waals surface area contributed by atoms with E-state index in [4.69, 9.17) is 0 Å². The Balaban J connectivity index is 1.77. The zero-order valence-corrected chi connectivity index (χ0v) is 16.8. The van der Waals surface area contributed by atoms with Gasteiger partial charge in [0.1, 0.15) is 11.5 Å². The molecule has 6 nitrogen and oxygen atoms in total. The maximum absolute atomic E-state index is 14.3. The minimum absolute atomic E-state index is 0.146. The van der Waals surface area contributed by atoms with Crippen molar-refractivity contribution in [1.82, 2.24) is 19.7 Å². The second kappa shape index (κ2) is 8.57. The molecule has 0 radical (unpaired) electrons. The summed E-state index contributed by atoms with van der Waals surface area (Å²) < 4.78 is 15.7. The van der Waals surface area contributed by atoms with Crippen molar-refractivity contribution in [1.29, 1.82) is 0 Å². The Morgan fingerprint density at radius 3 is 2.63 bits per heavy atom. The van der Waals surface area contributed by atoms with Gasteiger partial charge in [0.15, 0.2) is 5.69 Å². The van der Waals surface area contributed by atoms with Gasteiger partial charge in [-0.3, -0.25) is 14.6 Å². The van der Waals surface area contributed by atoms with Crippen LogP contribution in [0.2, 0.25) is 0 Å². The third-order valence-corrected chi connectivity index (χ3v) is 5.50. The minimum Gasteiger partial charge on any atom is -0.330 e. The highest BCUT2D eigenvalue weighted by molar-refractivity contribution is 5.92. The zero-order valence-electron chi connectivity index (χ0n) is 16.8. The van der Waals surface area contributed by atoms with E-state index in [1.807, 2.05) is 12.1 Å². The standard InChI is InChI=1S/C23H23FN4O2/c1-16-15-21(29)22(26-28(16)20-9-5-4-7-18(20)24)23(30)27-14-6-2-3-8-19(27)17-10-12-25-13-11-17/h4-5,7,9-13,15,19H,2-3,6,8,14H2,1H3. The number of rotatable bonds is 3. The Morgan fingerprint density at radius 2 is 1.87 bits per heavy atom. The quantitative estimate of drug-likeness (QED) is 0.663. The Bertz CT molecular complexity index is 1110. The number of halogens is 1. The lowest BCUT2D eigenvalue weighted by molar-refractivity contribution is 0.0671. The Kier molecular flexibility index (Phi) is 5.70. The first-order valence-electron chi connectivity index (χ1n) is 10.1. The highest BCUT2D eigenvalue weighted by Gasteiger charge is 2.30. The van der Waals surface area contributed by atoms with E-state index < -0.39 is 17.2 Å². The highest BCUT2D eigenvalue weighted by Crippen LogP contribution is 2.30. The first-order valence-corrected chi connectivity index (χ1v) is 10.1. The Hall–Kier alpha value is -3.35. The average molecular weight is 406 g/mol. The number of benzene rings is 1. The van der Waals surface area contributed by atoms with Crippen molar-refractivity contribution in [2.75, 3.05) is 6.54 Å². The topological polar surface area (TPSA) is 68.1 Å². The number of para-hydroxylation sites is 1. The molecule has 1 fully saturated rings. The fourth-order valence-corrected chi connectivity index (χ4v) is 3.98. The Morgan fingerprint density at radius 1 is 1.10 bits per heavy atom. The van der Waals surface area contributed by atoms with Gasteiger partial charge in [0, 0.05) is 30.7 Å². The minimum atomic E-state index is -0.473. The van der Waals surface area contributed by atoms with Gasteiger partial charge in [-0.1, -0.05) is 25.0 Å². The van der Waals surface area contributed by atoms with Crippen molar-refractivity contribution in [3.63, 3.8) is 0 Å². The number of nitrogens with zero attached hydrogens (tertiary/aromatic N) is 4. The molecule has 2 aromatic heterocycles. The molecule has 0 bridgehead atoms. The second-order valence-corrected chi connectivity index (χ2v) is 7.51. The van der Waals surface area contributed by atoms with Gasteiger partial charge < -0.3 is 4.90 Å². The molecular formula is C23H23FN4O2. The number of carbonyl (C=O) groups excluding carboxylic acids is 1. The maximum Gasteiger partial charge on any atom is 0.278 e. The summed E-state index contributed by atoms with van der Waals surface area (Å²) in [6.45, 7) is 2.21. The molecule has 0 saturated carbocycles. The van der Waals surface area contributed by atoms with Gasteiger partial charge in [0.2, 0.25) is 5.43 Å². The average Bonchev–Trinajstić information content (AvgIpc) is 3.01. The van der Waals surface area contributed by atoms with E-state index in [0.717, 1.165) is 31.2 Å². The summed E-state index contributed by atoms with van der Waals surface area (Å²) in [6, 6.07) is 11.2. The molecule has 1 aliphatic rings. The van der Waals surface area contributed by atoms with Gasteiger partial charge in [-0.15, -0.1) is 0 Å². The van der Waals surface area contributed by atoms with Gasteiger partial charge in [-0.05, 0) is 49.6 Å². The van der Waals surface area contributed by atoms with Gasteiger partial charge in [0.05, 0.1) is 6.04 Å². The number of aryl methyl sites for hydroxylation is 1. The van der Waals surface area contributed by atoms with Crippen LogP contribution in [0.15, 0.2) is 59.7 Å². The first-order chi connectivity index (χ1) is 14.6. The molecule has 1 aromatic carbocycles. The monoisotopic (exact) mass is 406 g/mol. The van der Waals surface area contributed by atoms with Crippen LogP contribution in [0.3, 0.4) is 0 Å². The maximum atomic E-state index is 14.3. The van der Waals surface area contributed by atoms with Crippen molar-refractivity contribution < 1.29 is 9.18 Å². The number of amides is 1. The van der Waals surface area contributed by atoms with Crippen LogP contribution in [0, 0.1) is 12.7 Å². The summed E-state index contributed by atoms with van der Waals surface area (Å²) in [5.74, 6) is -0.895. The number of pyridine rings is 1. The van der Waals surface area contributed by atoms with Gasteiger partial charge in [-0.2, -0.15) is 5.10 Å². The molecular weight excluding hydrogens is 383 g/mol. The summed E-state index contributed by atoms with van der Waals surface area (Å²) in [6.07, 6.45) is 7.10. The number of hydrogen-bond donors (Lipinski definition) is 0. The lowest BCUT2D eigenvalue weighted by atomic mass is 10.0. The van der Waals surface area contributed by atoms with Crippen LogP contribution < -0.4 is 5.43 Å². The van der Waals surface area contributed by atoms with Crippen LogP contribution in [-0.4, -0.2) is 32.1 Å². The third kappa shape index (κ3) is 3.87. The van der Waals surface area contributed by atoms with Crippen molar-refractivity contribution >= 4 is 5.91 Å². The van der Waals surface area contributed by atoms with E-state index in [1.165, 1.54) is 16.8 Å². The van der Waals surface area contributed by atoms with Crippen molar-refractivity contribution in [3.05, 3.63) is 87.9 Å². The molecule has 1 amide bonds. The van der Waals surface area contributed by atoms with Crippen LogP contribution in [0.25, 0.3) is 5.69 Å². The molecule has 7 heteroatoms. The fraction of sp³-hybridized carbons (Fsp3) is 0.304. The van der Waals surface area contributed by atoms with E-state index in [0.29, 0.717) is 12.2 Å². The summed E-state index contributed by atoms with van der Waals surface area (Å²) >= 11 is 0. The lowest BCUT2D eigenvalue weighted by Gasteiger charge is -2.30. The smallest absolute Gasteiger partial charge is 0.278 e. The summed E-state index contributed by atoms with van der Waals surface area (Å²) in [7, 11) is 0. The molecule has 0 spiro atoms. The van der Waals surface area contributed by atoms with E-state index >= 15 is 0 Å². The predicted octanol–water partition coefficient (Wildman–Crippen LogP) is 3.83. The van der Waals surface area contributed by atoms with Gasteiger partial charge in [0.25, 0.3) is 5.91 Å². The number of carbonyl (C=O) groups is 1. The van der Waals surface area contributed by atoms with E-state index in [2.05, 4.69) is 10.1 Å².